The Balaban J connectivity index is 3.31. The lowest BCUT2D eigenvalue weighted by Crippen LogP contribution is -2.41. The number of amides is 2. The normalized spacial score (nSPS) is 10.4. The van der Waals surface area contributed by atoms with Gasteiger partial charge in [0.1, 0.15) is 0 Å². The van der Waals surface area contributed by atoms with Gasteiger partial charge in [-0.3, -0.25) is 4.90 Å². The van der Waals surface area contributed by atoms with E-state index >= 15 is 0 Å². The molecule has 92 valence electrons. The minimum Gasteiger partial charge on any atom is -0.478 e. The molecule has 0 aliphatic carbocycles. The van der Waals surface area contributed by atoms with Crippen LogP contribution in [0.15, 0.2) is 18.2 Å². The molecule has 0 aliphatic heterocycles. The molecule has 1 aromatic carbocycles. The van der Waals surface area contributed by atoms with Gasteiger partial charge in [-0.2, -0.15) is 0 Å². The first-order chi connectivity index (χ1) is 7.84. The van der Waals surface area contributed by atoms with Crippen molar-refractivity contribution in [1.29, 1.82) is 0 Å². The average Bonchev–Trinajstić information content (AvgIpc) is 2.19. The van der Waals surface area contributed by atoms with Gasteiger partial charge in [0, 0.05) is 11.7 Å². The van der Waals surface area contributed by atoms with Gasteiger partial charge in [0.15, 0.2) is 0 Å². The third kappa shape index (κ3) is 2.75. The van der Waals surface area contributed by atoms with Crippen LogP contribution in [0.2, 0.25) is 0 Å². The van der Waals surface area contributed by atoms with E-state index in [1.807, 2.05) is 13.8 Å². The molecule has 0 heterocycles. The summed E-state index contributed by atoms with van der Waals surface area (Å²) in [5.41, 5.74) is 6.78. The summed E-state index contributed by atoms with van der Waals surface area (Å²) in [6, 6.07) is 3.90. The summed E-state index contributed by atoms with van der Waals surface area (Å²) in [5, 5.41) is 8.92. The van der Waals surface area contributed by atoms with Crippen LogP contribution in [0.1, 0.15) is 29.8 Å². The number of primary amides is 1. The summed E-state index contributed by atoms with van der Waals surface area (Å²) in [4.78, 5) is 23.6. The Morgan fingerprint density at radius 2 is 1.94 bits per heavy atom. The molecule has 0 saturated carbocycles. The van der Waals surface area contributed by atoms with Gasteiger partial charge in [0.05, 0.1) is 5.56 Å². The Bertz CT molecular complexity index is 455. The van der Waals surface area contributed by atoms with E-state index < -0.39 is 12.0 Å². The predicted octanol–water partition coefficient (Wildman–Crippen LogP) is 1.99. The number of urea groups is 1. The quantitative estimate of drug-likeness (QED) is 0.841. The van der Waals surface area contributed by atoms with Crippen LogP contribution in [0.4, 0.5) is 10.5 Å². The molecule has 0 fully saturated rings. The Morgan fingerprint density at radius 1 is 1.35 bits per heavy atom. The lowest BCUT2D eigenvalue weighted by Gasteiger charge is -2.26. The number of carboxylic acids is 1. The van der Waals surface area contributed by atoms with Crippen molar-refractivity contribution in [3.8, 4) is 0 Å². The predicted molar refractivity (Wildman–Crippen MR) is 65.3 cm³/mol. The van der Waals surface area contributed by atoms with Gasteiger partial charge in [-0.05, 0) is 38.5 Å². The van der Waals surface area contributed by atoms with Crippen molar-refractivity contribution in [3.63, 3.8) is 0 Å². The second-order valence-corrected chi connectivity index (χ2v) is 4.11. The van der Waals surface area contributed by atoms with Crippen LogP contribution in [0.3, 0.4) is 0 Å². The highest BCUT2D eigenvalue weighted by Crippen LogP contribution is 2.23. The number of hydrogen-bond donors (Lipinski definition) is 2. The molecule has 17 heavy (non-hydrogen) atoms. The van der Waals surface area contributed by atoms with Crippen LogP contribution in [0.25, 0.3) is 0 Å². The second-order valence-electron chi connectivity index (χ2n) is 4.11. The van der Waals surface area contributed by atoms with Gasteiger partial charge >= 0.3 is 12.0 Å². The fourth-order valence-electron chi connectivity index (χ4n) is 1.65. The van der Waals surface area contributed by atoms with E-state index in [4.69, 9.17) is 10.8 Å². The van der Waals surface area contributed by atoms with Crippen molar-refractivity contribution in [2.45, 2.75) is 26.8 Å². The number of aromatic carboxylic acids is 1. The first kappa shape index (κ1) is 13.0. The molecular formula is C12H16N2O3. The largest absolute Gasteiger partial charge is 0.478 e. The van der Waals surface area contributed by atoms with Crippen LogP contribution in [-0.4, -0.2) is 23.1 Å². The topological polar surface area (TPSA) is 83.6 Å². The number of nitrogens with two attached hydrogens (primary N) is 1. The Hall–Kier alpha value is -2.04. The number of rotatable bonds is 3. The zero-order valence-electron chi connectivity index (χ0n) is 10.1. The summed E-state index contributed by atoms with van der Waals surface area (Å²) in [7, 11) is 0. The van der Waals surface area contributed by atoms with Crippen LogP contribution in [-0.2, 0) is 0 Å². The number of hydrogen-bond acceptors (Lipinski definition) is 2. The number of anilines is 1. The first-order valence-corrected chi connectivity index (χ1v) is 5.27. The molecule has 0 unspecified atom stereocenters. The van der Waals surface area contributed by atoms with Crippen molar-refractivity contribution in [2.75, 3.05) is 4.90 Å². The van der Waals surface area contributed by atoms with Gasteiger partial charge in [-0.15, -0.1) is 0 Å². The molecule has 0 bridgehead atoms. The van der Waals surface area contributed by atoms with E-state index in [1.54, 1.807) is 13.0 Å². The number of nitrogens with zero attached hydrogens (tertiary/aromatic N) is 1. The Labute approximate surface area is 99.8 Å². The van der Waals surface area contributed by atoms with E-state index in [0.29, 0.717) is 5.69 Å². The molecule has 2 amide bonds. The van der Waals surface area contributed by atoms with Crippen LogP contribution < -0.4 is 10.6 Å². The molecule has 0 aliphatic rings. The maximum atomic E-state index is 11.4. The zero-order valence-corrected chi connectivity index (χ0v) is 10.1. The fraction of sp³-hybridized carbons (Fsp3) is 0.333. The standard InChI is InChI=1S/C12H16N2O3/c1-7(2)14(12(13)17)10-6-9(11(15)16)5-4-8(10)3/h4-7H,1-3H3,(H2,13,17)(H,15,16). The molecule has 0 saturated heterocycles. The molecule has 1 rings (SSSR count). The number of benzene rings is 1. The number of carboxylic acid groups (broad SMARTS) is 1. The smallest absolute Gasteiger partial charge is 0.335 e. The average molecular weight is 236 g/mol. The SMILES string of the molecule is Cc1ccc(C(=O)O)cc1N(C(N)=O)C(C)C. The lowest BCUT2D eigenvalue weighted by molar-refractivity contribution is 0.0697. The van der Waals surface area contributed by atoms with Crippen molar-refractivity contribution < 1.29 is 14.7 Å². The molecule has 5 heteroatoms. The molecule has 5 nitrogen and oxygen atoms in total. The molecule has 0 atom stereocenters. The summed E-state index contributed by atoms with van der Waals surface area (Å²) in [6.07, 6.45) is 0. The fourth-order valence-corrected chi connectivity index (χ4v) is 1.65. The van der Waals surface area contributed by atoms with Gasteiger partial charge in [0.25, 0.3) is 0 Å². The summed E-state index contributed by atoms with van der Waals surface area (Å²) >= 11 is 0. The van der Waals surface area contributed by atoms with Gasteiger partial charge < -0.3 is 10.8 Å². The van der Waals surface area contributed by atoms with E-state index in [-0.39, 0.29) is 11.6 Å². The van der Waals surface area contributed by atoms with Crippen molar-refractivity contribution in [2.24, 2.45) is 5.73 Å². The highest BCUT2D eigenvalue weighted by Gasteiger charge is 2.19. The van der Waals surface area contributed by atoms with Crippen LogP contribution in [0.5, 0.6) is 0 Å². The van der Waals surface area contributed by atoms with Gasteiger partial charge in [-0.25, -0.2) is 9.59 Å². The van der Waals surface area contributed by atoms with Crippen molar-refractivity contribution >= 4 is 17.7 Å². The summed E-state index contributed by atoms with van der Waals surface area (Å²) in [5.74, 6) is -1.03. The number of aryl methyl sites for hydroxylation is 1. The first-order valence-electron chi connectivity index (χ1n) is 5.27. The molecule has 1 aromatic rings. The third-order valence-electron chi connectivity index (χ3n) is 2.47. The summed E-state index contributed by atoms with van der Waals surface area (Å²) < 4.78 is 0. The second kappa shape index (κ2) is 4.86. The molecule has 0 radical (unpaired) electrons. The van der Waals surface area contributed by atoms with E-state index in [2.05, 4.69) is 0 Å². The molecular weight excluding hydrogens is 220 g/mol. The highest BCUT2D eigenvalue weighted by molar-refractivity contribution is 5.95. The van der Waals surface area contributed by atoms with Crippen molar-refractivity contribution in [1.82, 2.24) is 0 Å². The Kier molecular flexibility index (Phi) is 3.73. The van der Waals surface area contributed by atoms with Crippen LogP contribution >= 0.6 is 0 Å². The maximum Gasteiger partial charge on any atom is 0.335 e. The minimum absolute atomic E-state index is 0.129. The molecule has 0 spiro atoms. The van der Waals surface area contributed by atoms with E-state index in [0.717, 1.165) is 5.56 Å². The van der Waals surface area contributed by atoms with E-state index in [1.165, 1.54) is 17.0 Å². The zero-order chi connectivity index (χ0) is 13.2. The maximum absolute atomic E-state index is 11.4. The van der Waals surface area contributed by atoms with E-state index in [9.17, 15) is 9.59 Å². The molecule has 0 aromatic heterocycles. The van der Waals surface area contributed by atoms with Gasteiger partial charge in [0.2, 0.25) is 0 Å². The third-order valence-corrected chi connectivity index (χ3v) is 2.47. The van der Waals surface area contributed by atoms with Gasteiger partial charge in [-0.1, -0.05) is 6.07 Å². The highest BCUT2D eigenvalue weighted by atomic mass is 16.4. The Morgan fingerprint density at radius 3 is 2.35 bits per heavy atom. The molecule has 3 N–H and O–H groups in total. The van der Waals surface area contributed by atoms with Crippen molar-refractivity contribution in [3.05, 3.63) is 29.3 Å². The lowest BCUT2D eigenvalue weighted by atomic mass is 10.1. The monoisotopic (exact) mass is 236 g/mol. The summed E-state index contributed by atoms with van der Waals surface area (Å²) in [6.45, 7) is 5.44. The number of carbonyl (C=O) groups is 2. The minimum atomic E-state index is -1.03. The number of carbonyl (C=O) groups excluding carboxylic acids is 1. The van der Waals surface area contributed by atoms with Crippen LogP contribution in [0, 0.1) is 6.92 Å².